The quantitative estimate of drug-likeness (QED) is 0.0506. The molecule has 4 aromatic carbocycles. The van der Waals surface area contributed by atoms with E-state index in [0.717, 1.165) is 83.9 Å². The number of ether oxygens (including phenoxy) is 5. The predicted octanol–water partition coefficient (Wildman–Crippen LogP) is 11.8. The van der Waals surface area contributed by atoms with Crippen LogP contribution in [0.25, 0.3) is 10.8 Å². The topological polar surface area (TPSA) is 129 Å². The number of allylic oxidation sites excluding steroid dienone is 1. The largest absolute Gasteiger partial charge is 0.459 e. The number of benzene rings is 4. The van der Waals surface area contributed by atoms with Crippen LogP contribution in [-0.2, 0) is 20.9 Å². The lowest BCUT2D eigenvalue weighted by Crippen LogP contribution is -2.70. The maximum Gasteiger partial charge on any atom is 0.239 e. The lowest BCUT2D eigenvalue weighted by molar-refractivity contribution is -0.258. The van der Waals surface area contributed by atoms with Crippen molar-refractivity contribution in [2.24, 2.45) is 28.8 Å². The zero-order valence-electron chi connectivity index (χ0n) is 40.2. The first-order valence-electron chi connectivity index (χ1n) is 25.2. The smallest absolute Gasteiger partial charge is 0.239 e. The van der Waals surface area contributed by atoms with Gasteiger partial charge in [0.1, 0.15) is 28.9 Å². The highest BCUT2D eigenvalue weighted by atomic mass is 16.7. The highest BCUT2D eigenvalue weighted by molar-refractivity contribution is 6.03. The number of amides is 1. The summed E-state index contributed by atoms with van der Waals surface area (Å²) in [5.74, 6) is 2.14. The van der Waals surface area contributed by atoms with Crippen LogP contribution in [0.3, 0.4) is 0 Å². The first-order valence-corrected chi connectivity index (χ1v) is 25.2. The first kappa shape index (κ1) is 47.7. The minimum absolute atomic E-state index is 0.0342. The van der Waals surface area contributed by atoms with Crippen LogP contribution < -0.4 is 18.9 Å². The van der Waals surface area contributed by atoms with Crippen molar-refractivity contribution in [1.82, 2.24) is 4.90 Å². The molecule has 6 unspecified atom stereocenters. The number of aliphatic hydroxyl groups is 2. The molecule has 68 heavy (non-hydrogen) atoms. The van der Waals surface area contributed by atoms with Crippen LogP contribution in [0.4, 0.5) is 0 Å². The van der Waals surface area contributed by atoms with Crippen LogP contribution in [0, 0.1) is 23.7 Å². The SMILES string of the molecule is C=CCOC12Oc3ccc(Oc4ccc5ccccc5c4)cc3C3C(CCCCO)C(CCCCO)C=C(C(=NOC(C)(C)C)CC1N(Cc1ccc4c(c1)OCO4)C(=O)CCC1CCCC1)C32. The molecular formula is C57H70N2O9. The molecule has 0 spiro atoms. The molecule has 4 aromatic rings. The molecule has 11 heteroatoms. The molecular weight excluding hydrogens is 857 g/mol. The first-order chi connectivity index (χ1) is 33.1. The van der Waals surface area contributed by atoms with Crippen molar-refractivity contribution >= 4 is 22.4 Å². The Morgan fingerprint density at radius 1 is 0.868 bits per heavy atom. The van der Waals surface area contributed by atoms with E-state index in [4.69, 9.17) is 33.7 Å². The van der Waals surface area contributed by atoms with Crippen LogP contribution >= 0.6 is 0 Å². The lowest BCUT2D eigenvalue weighted by Gasteiger charge is -2.60. The molecule has 2 fully saturated rings. The second kappa shape index (κ2) is 21.1. The van der Waals surface area contributed by atoms with Crippen LogP contribution in [0.15, 0.2) is 108 Å². The third-order valence-electron chi connectivity index (χ3n) is 14.8. The Morgan fingerprint density at radius 3 is 2.38 bits per heavy atom. The summed E-state index contributed by atoms with van der Waals surface area (Å²) in [6, 6.07) is 25.8. The Hall–Kier alpha value is -5.36. The van der Waals surface area contributed by atoms with Gasteiger partial charge in [-0.3, -0.25) is 4.79 Å². The minimum atomic E-state index is -1.39. The van der Waals surface area contributed by atoms with E-state index in [1.54, 1.807) is 6.08 Å². The average molecular weight is 927 g/mol. The van der Waals surface area contributed by atoms with Gasteiger partial charge in [0, 0.05) is 44.1 Å². The molecule has 1 amide bonds. The van der Waals surface area contributed by atoms with Crippen LogP contribution in [0.2, 0.25) is 0 Å². The molecule has 0 saturated heterocycles. The van der Waals surface area contributed by atoms with Gasteiger partial charge < -0.3 is 43.6 Å². The molecule has 362 valence electrons. The Bertz CT molecular complexity index is 2470. The van der Waals surface area contributed by atoms with E-state index in [0.29, 0.717) is 54.6 Å². The van der Waals surface area contributed by atoms with Crippen molar-refractivity contribution in [3.63, 3.8) is 0 Å². The molecule has 2 N–H and O–H groups in total. The minimum Gasteiger partial charge on any atom is -0.459 e. The number of carbonyl (C=O) groups is 1. The van der Waals surface area contributed by atoms with E-state index in [2.05, 4.69) is 43.0 Å². The molecule has 6 atom stereocenters. The van der Waals surface area contributed by atoms with Gasteiger partial charge in [-0.15, -0.1) is 6.58 Å². The fourth-order valence-electron chi connectivity index (χ4n) is 11.6. The number of aliphatic hydroxyl groups excluding tert-OH is 2. The van der Waals surface area contributed by atoms with E-state index in [-0.39, 0.29) is 56.8 Å². The van der Waals surface area contributed by atoms with Crippen LogP contribution in [0.1, 0.15) is 121 Å². The van der Waals surface area contributed by atoms with Gasteiger partial charge in [-0.1, -0.05) is 92.2 Å². The molecule has 2 heterocycles. The highest BCUT2D eigenvalue weighted by Crippen LogP contribution is 2.62. The van der Waals surface area contributed by atoms with Gasteiger partial charge in [-0.05, 0) is 135 Å². The van der Waals surface area contributed by atoms with Gasteiger partial charge in [-0.2, -0.15) is 0 Å². The van der Waals surface area contributed by atoms with Crippen molar-refractivity contribution in [3.05, 3.63) is 114 Å². The molecule has 11 nitrogen and oxygen atoms in total. The number of hydrogen-bond donors (Lipinski definition) is 2. The molecule has 0 aromatic heterocycles. The molecule has 5 aliphatic rings. The summed E-state index contributed by atoms with van der Waals surface area (Å²) in [5.41, 5.74) is 3.09. The van der Waals surface area contributed by atoms with Gasteiger partial charge in [0.05, 0.1) is 18.2 Å². The number of hydrogen-bond acceptors (Lipinski definition) is 10. The zero-order valence-corrected chi connectivity index (χ0v) is 40.2. The fraction of sp³-hybridized carbons (Fsp3) is 0.509. The van der Waals surface area contributed by atoms with Crippen molar-refractivity contribution in [1.29, 1.82) is 0 Å². The monoisotopic (exact) mass is 927 g/mol. The Kier molecular flexibility index (Phi) is 14.8. The zero-order chi connectivity index (χ0) is 47.3. The van der Waals surface area contributed by atoms with E-state index in [9.17, 15) is 10.2 Å². The summed E-state index contributed by atoms with van der Waals surface area (Å²) in [7, 11) is 0. The Morgan fingerprint density at radius 2 is 1.60 bits per heavy atom. The number of fused-ring (bicyclic) bond motifs is 4. The van der Waals surface area contributed by atoms with Crippen molar-refractivity contribution in [2.45, 2.75) is 134 Å². The summed E-state index contributed by atoms with van der Waals surface area (Å²) >= 11 is 0. The Labute approximate surface area is 402 Å². The third kappa shape index (κ3) is 10.3. The predicted molar refractivity (Wildman–Crippen MR) is 264 cm³/mol. The number of carbonyl (C=O) groups excluding carboxylic acids is 1. The molecule has 0 radical (unpaired) electrons. The Balaban J connectivity index is 1.23. The van der Waals surface area contributed by atoms with Crippen molar-refractivity contribution in [3.8, 4) is 28.7 Å². The van der Waals surface area contributed by atoms with Crippen molar-refractivity contribution < 1.29 is 43.5 Å². The molecule has 9 rings (SSSR count). The standard InChI is InChI=1S/C57H70N2O9/c1-5-30-65-57-52(59(53(62)27-21-38-14-6-7-15-38)36-39-20-25-50-51(31-39)64-37-63-50)35-48(58-68-56(2,3)4)46-33-42(18-10-12-28-60)45(19-11-13-29-61)54(55(46)57)47-34-44(24-26-49(47)67-57)66-43-23-22-40-16-8-9-17-41(40)32-43/h5,8-9,16-17,20,22-26,31-34,38,42,45,52,54-55,60-61H,1,6-7,10-15,18-19,21,27-30,35-37H2,2-4H3. The second-order valence-corrected chi connectivity index (χ2v) is 20.5. The van der Waals surface area contributed by atoms with Crippen LogP contribution in [0.5, 0.6) is 28.7 Å². The second-order valence-electron chi connectivity index (χ2n) is 20.5. The lowest BCUT2D eigenvalue weighted by atomic mass is 9.55. The van der Waals surface area contributed by atoms with Gasteiger partial charge in [0.25, 0.3) is 0 Å². The van der Waals surface area contributed by atoms with E-state index < -0.39 is 23.3 Å². The number of rotatable bonds is 20. The van der Waals surface area contributed by atoms with Gasteiger partial charge >= 0.3 is 0 Å². The van der Waals surface area contributed by atoms with Gasteiger partial charge in [-0.25, -0.2) is 0 Å². The van der Waals surface area contributed by atoms with E-state index in [1.807, 2.05) is 74.2 Å². The summed E-state index contributed by atoms with van der Waals surface area (Å²) in [5, 5.41) is 27.4. The number of unbranched alkanes of at least 4 members (excludes halogenated alkanes) is 2. The fourth-order valence-corrected chi connectivity index (χ4v) is 11.6. The van der Waals surface area contributed by atoms with E-state index >= 15 is 4.79 Å². The van der Waals surface area contributed by atoms with Crippen LogP contribution in [-0.4, -0.2) is 70.8 Å². The number of oxime groups is 1. The van der Waals surface area contributed by atoms with Gasteiger partial charge in [0.15, 0.2) is 11.5 Å². The summed E-state index contributed by atoms with van der Waals surface area (Å²) in [6.07, 6.45) is 15.1. The summed E-state index contributed by atoms with van der Waals surface area (Å²) < 4.78 is 33.2. The summed E-state index contributed by atoms with van der Waals surface area (Å²) in [6.45, 7) is 11.0. The molecule has 3 aliphatic carbocycles. The maximum absolute atomic E-state index is 15.4. The van der Waals surface area contributed by atoms with Crippen molar-refractivity contribution in [2.75, 3.05) is 26.6 Å². The third-order valence-corrected chi connectivity index (χ3v) is 14.8. The van der Waals surface area contributed by atoms with Gasteiger partial charge in [0.2, 0.25) is 18.5 Å². The van der Waals surface area contributed by atoms with E-state index in [1.165, 1.54) is 12.8 Å². The highest BCUT2D eigenvalue weighted by Gasteiger charge is 2.65. The molecule has 0 bridgehead atoms. The summed E-state index contributed by atoms with van der Waals surface area (Å²) in [4.78, 5) is 23.8. The maximum atomic E-state index is 15.4. The average Bonchev–Trinajstić information content (AvgIpc) is 4.05. The molecule has 2 saturated carbocycles. The normalized spacial score (nSPS) is 24.5. The number of nitrogens with zero attached hydrogens (tertiary/aromatic N) is 2. The molecule has 2 aliphatic heterocycles.